The van der Waals surface area contributed by atoms with E-state index in [1.165, 1.54) is 0 Å². The monoisotopic (exact) mass is 224 g/mol. The molecule has 0 aliphatic rings. The number of fused-ring (bicyclic) bond motifs is 3. The van der Waals surface area contributed by atoms with Gasteiger partial charge in [0.1, 0.15) is 11.3 Å². The zero-order valence-electron chi connectivity index (χ0n) is 9.77. The first-order chi connectivity index (χ1) is 8.22. The van der Waals surface area contributed by atoms with Crippen molar-refractivity contribution in [3.63, 3.8) is 0 Å². The molecular formula is C14H12N2O. The van der Waals surface area contributed by atoms with Gasteiger partial charge in [0.15, 0.2) is 6.29 Å². The number of pyridine rings is 1. The number of para-hydroxylation sites is 1. The maximum atomic E-state index is 11.2. The minimum atomic E-state index is 0.639. The number of rotatable bonds is 1. The normalized spacial score (nSPS) is 11.2. The van der Waals surface area contributed by atoms with Crippen LogP contribution in [0, 0.1) is 13.8 Å². The van der Waals surface area contributed by atoms with Gasteiger partial charge in [-0.3, -0.25) is 9.20 Å². The van der Waals surface area contributed by atoms with Gasteiger partial charge in [0.05, 0.1) is 11.2 Å². The summed E-state index contributed by atoms with van der Waals surface area (Å²) in [6.07, 6.45) is 0.876. The fourth-order valence-electron chi connectivity index (χ4n) is 2.34. The number of carbonyl (C=O) groups excluding carboxylic acids is 1. The summed E-state index contributed by atoms with van der Waals surface area (Å²) in [4.78, 5) is 15.6. The van der Waals surface area contributed by atoms with Crippen LogP contribution in [0.5, 0.6) is 0 Å². The van der Waals surface area contributed by atoms with E-state index in [-0.39, 0.29) is 0 Å². The molecule has 0 aliphatic carbocycles. The Morgan fingerprint density at radius 1 is 1.18 bits per heavy atom. The number of nitrogens with zero attached hydrogens (tertiary/aromatic N) is 2. The molecule has 0 atom stereocenters. The number of carbonyl (C=O) groups is 1. The molecule has 2 aromatic heterocycles. The van der Waals surface area contributed by atoms with E-state index in [4.69, 9.17) is 0 Å². The average molecular weight is 224 g/mol. The van der Waals surface area contributed by atoms with Crippen molar-refractivity contribution in [3.8, 4) is 0 Å². The molecule has 0 N–H and O–H groups in total. The molecule has 17 heavy (non-hydrogen) atoms. The lowest BCUT2D eigenvalue weighted by Gasteiger charge is -2.06. The molecule has 0 radical (unpaired) electrons. The van der Waals surface area contributed by atoms with Gasteiger partial charge in [-0.25, -0.2) is 4.98 Å². The summed E-state index contributed by atoms with van der Waals surface area (Å²) < 4.78 is 1.94. The number of benzene rings is 1. The Kier molecular flexibility index (Phi) is 2.01. The molecule has 1 aromatic carbocycles. The number of hydrogen-bond donors (Lipinski definition) is 0. The van der Waals surface area contributed by atoms with Gasteiger partial charge in [-0.15, -0.1) is 0 Å². The summed E-state index contributed by atoms with van der Waals surface area (Å²) in [5.41, 5.74) is 4.45. The number of aryl methyl sites for hydroxylation is 2. The molecule has 3 aromatic rings. The van der Waals surface area contributed by atoms with Crippen LogP contribution in [-0.2, 0) is 0 Å². The highest BCUT2D eigenvalue weighted by Gasteiger charge is 2.11. The van der Waals surface area contributed by atoms with Crippen molar-refractivity contribution < 1.29 is 4.79 Å². The van der Waals surface area contributed by atoms with Gasteiger partial charge >= 0.3 is 0 Å². The molecule has 0 saturated heterocycles. The van der Waals surface area contributed by atoms with E-state index in [9.17, 15) is 4.79 Å². The first-order valence-electron chi connectivity index (χ1n) is 5.55. The van der Waals surface area contributed by atoms with Crippen LogP contribution in [-0.4, -0.2) is 15.7 Å². The van der Waals surface area contributed by atoms with Crippen molar-refractivity contribution in [1.82, 2.24) is 9.38 Å². The van der Waals surface area contributed by atoms with Crippen molar-refractivity contribution >= 4 is 22.8 Å². The third-order valence-corrected chi connectivity index (χ3v) is 3.14. The zero-order valence-corrected chi connectivity index (χ0v) is 9.77. The van der Waals surface area contributed by atoms with Gasteiger partial charge in [0.25, 0.3) is 0 Å². The highest BCUT2D eigenvalue weighted by atomic mass is 16.1. The molecular weight excluding hydrogens is 212 g/mol. The summed E-state index contributed by atoms with van der Waals surface area (Å²) in [6, 6.07) is 10.1. The fourth-order valence-corrected chi connectivity index (χ4v) is 2.34. The molecule has 0 fully saturated rings. The Balaban J connectivity index is 2.66. The predicted octanol–water partition coefficient (Wildman–Crippen LogP) is 2.92. The first-order valence-corrected chi connectivity index (χ1v) is 5.55. The lowest BCUT2D eigenvalue weighted by atomic mass is 10.1. The summed E-state index contributed by atoms with van der Waals surface area (Å²) in [7, 11) is 0. The Labute approximate surface area is 98.7 Å². The summed E-state index contributed by atoms with van der Waals surface area (Å²) in [5.74, 6) is 0. The van der Waals surface area contributed by atoms with Gasteiger partial charge in [0, 0.05) is 0 Å². The van der Waals surface area contributed by atoms with Crippen LogP contribution in [0.4, 0.5) is 0 Å². The van der Waals surface area contributed by atoms with E-state index in [1.54, 1.807) is 0 Å². The lowest BCUT2D eigenvalue weighted by molar-refractivity contribution is 0.111. The van der Waals surface area contributed by atoms with Gasteiger partial charge in [-0.1, -0.05) is 18.2 Å². The average Bonchev–Trinajstić information content (AvgIpc) is 2.64. The van der Waals surface area contributed by atoms with Gasteiger partial charge < -0.3 is 0 Å². The van der Waals surface area contributed by atoms with E-state index in [0.29, 0.717) is 5.69 Å². The van der Waals surface area contributed by atoms with Gasteiger partial charge in [0.2, 0.25) is 0 Å². The molecule has 0 spiro atoms. The Hall–Kier alpha value is -2.16. The van der Waals surface area contributed by atoms with Gasteiger partial charge in [-0.2, -0.15) is 0 Å². The van der Waals surface area contributed by atoms with E-state index in [0.717, 1.165) is 34.1 Å². The SMILES string of the molecule is Cc1nc2ccc3cccc(C)c3n2c1C=O. The number of imidazole rings is 1. The van der Waals surface area contributed by atoms with E-state index < -0.39 is 0 Å². The fraction of sp³-hybridized carbons (Fsp3) is 0.143. The molecule has 0 amide bonds. The third kappa shape index (κ3) is 1.29. The minimum absolute atomic E-state index is 0.639. The largest absolute Gasteiger partial charge is 0.296 e. The van der Waals surface area contributed by atoms with Crippen LogP contribution in [0.25, 0.3) is 16.6 Å². The standard InChI is InChI=1S/C14H12N2O/c1-9-4-3-5-11-6-7-13-15-10(2)12(8-17)16(13)14(9)11/h3-8H,1-2H3. The predicted molar refractivity (Wildman–Crippen MR) is 67.6 cm³/mol. The second-order valence-electron chi connectivity index (χ2n) is 4.24. The highest BCUT2D eigenvalue weighted by Crippen LogP contribution is 2.22. The summed E-state index contributed by atoms with van der Waals surface area (Å²) in [5, 5.41) is 1.12. The zero-order chi connectivity index (χ0) is 12.0. The maximum absolute atomic E-state index is 11.2. The Bertz CT molecular complexity index is 741. The highest BCUT2D eigenvalue weighted by molar-refractivity contribution is 5.88. The molecule has 0 unspecified atom stereocenters. The van der Waals surface area contributed by atoms with Crippen molar-refractivity contribution in [3.05, 3.63) is 47.3 Å². The van der Waals surface area contributed by atoms with E-state index in [2.05, 4.69) is 4.98 Å². The molecule has 0 aliphatic heterocycles. The van der Waals surface area contributed by atoms with Crippen LogP contribution in [0.15, 0.2) is 30.3 Å². The van der Waals surface area contributed by atoms with Crippen molar-refractivity contribution in [1.29, 1.82) is 0 Å². The van der Waals surface area contributed by atoms with E-state index >= 15 is 0 Å². The van der Waals surface area contributed by atoms with Crippen LogP contribution in [0.1, 0.15) is 21.7 Å². The molecule has 84 valence electrons. The second kappa shape index (κ2) is 3.42. The third-order valence-electron chi connectivity index (χ3n) is 3.14. The Morgan fingerprint density at radius 2 is 2.00 bits per heavy atom. The minimum Gasteiger partial charge on any atom is -0.296 e. The lowest BCUT2D eigenvalue weighted by Crippen LogP contribution is -1.96. The molecule has 0 saturated carbocycles. The molecule has 2 heterocycles. The quantitative estimate of drug-likeness (QED) is 0.595. The van der Waals surface area contributed by atoms with E-state index in [1.807, 2.05) is 48.6 Å². The smallest absolute Gasteiger partial charge is 0.168 e. The Morgan fingerprint density at radius 3 is 2.76 bits per heavy atom. The second-order valence-corrected chi connectivity index (χ2v) is 4.24. The number of hydrogen-bond acceptors (Lipinski definition) is 2. The number of aromatic nitrogens is 2. The van der Waals surface area contributed by atoms with Crippen molar-refractivity contribution in [2.75, 3.05) is 0 Å². The van der Waals surface area contributed by atoms with Crippen LogP contribution in [0.2, 0.25) is 0 Å². The van der Waals surface area contributed by atoms with Crippen LogP contribution in [0.3, 0.4) is 0 Å². The molecule has 3 heteroatoms. The molecule has 3 rings (SSSR count). The number of aldehydes is 1. The first kappa shape index (κ1) is 10.0. The molecule has 0 bridgehead atoms. The van der Waals surface area contributed by atoms with Crippen molar-refractivity contribution in [2.24, 2.45) is 0 Å². The summed E-state index contributed by atoms with van der Waals surface area (Å²) >= 11 is 0. The van der Waals surface area contributed by atoms with Gasteiger partial charge in [-0.05, 0) is 36.9 Å². The summed E-state index contributed by atoms with van der Waals surface area (Å²) in [6.45, 7) is 3.91. The van der Waals surface area contributed by atoms with Crippen molar-refractivity contribution in [2.45, 2.75) is 13.8 Å². The van der Waals surface area contributed by atoms with Crippen LogP contribution < -0.4 is 0 Å². The maximum Gasteiger partial charge on any atom is 0.168 e. The topological polar surface area (TPSA) is 34.4 Å². The van der Waals surface area contributed by atoms with Crippen LogP contribution >= 0.6 is 0 Å². The molecule has 3 nitrogen and oxygen atoms in total.